The highest BCUT2D eigenvalue weighted by atomic mass is 32.2. The van der Waals surface area contributed by atoms with Crippen LogP contribution in [0.1, 0.15) is 31.5 Å². The van der Waals surface area contributed by atoms with Gasteiger partial charge in [-0.05, 0) is 38.8 Å². The van der Waals surface area contributed by atoms with Gasteiger partial charge < -0.3 is 4.57 Å². The highest BCUT2D eigenvalue weighted by Gasteiger charge is 2.32. The molecule has 0 bridgehead atoms. The van der Waals surface area contributed by atoms with Gasteiger partial charge in [-0.3, -0.25) is 9.67 Å². The number of pyridine rings is 1. The van der Waals surface area contributed by atoms with Crippen LogP contribution in [0.2, 0.25) is 0 Å². The largest absolute Gasteiger partial charge is 0.325 e. The summed E-state index contributed by atoms with van der Waals surface area (Å²) < 4.78 is 31.2. The summed E-state index contributed by atoms with van der Waals surface area (Å²) in [4.78, 5) is 9.03. The maximum Gasteiger partial charge on any atom is 0.246 e. The van der Waals surface area contributed by atoms with E-state index in [0.29, 0.717) is 19.6 Å². The summed E-state index contributed by atoms with van der Waals surface area (Å²) in [7, 11) is -3.50. The molecule has 28 heavy (non-hydrogen) atoms. The Hall–Kier alpha value is -2.52. The first-order chi connectivity index (χ1) is 13.5. The molecule has 1 aliphatic rings. The number of imidazole rings is 1. The molecule has 0 N–H and O–H groups in total. The second kappa shape index (κ2) is 7.48. The molecule has 0 aliphatic carbocycles. The van der Waals surface area contributed by atoms with E-state index in [2.05, 4.69) is 19.6 Å². The fourth-order valence-corrected chi connectivity index (χ4v) is 5.18. The summed E-state index contributed by atoms with van der Waals surface area (Å²) in [5, 5.41) is 4.10. The zero-order valence-electron chi connectivity index (χ0n) is 16.1. The molecule has 4 rings (SSSR count). The van der Waals surface area contributed by atoms with Crippen LogP contribution in [0, 0.1) is 6.92 Å². The van der Waals surface area contributed by atoms with Crippen molar-refractivity contribution in [3.05, 3.63) is 48.8 Å². The third-order valence-electron chi connectivity index (χ3n) is 5.26. The lowest BCUT2D eigenvalue weighted by Crippen LogP contribution is -2.39. The van der Waals surface area contributed by atoms with Crippen LogP contribution in [-0.2, 0) is 16.6 Å². The van der Waals surface area contributed by atoms with Crippen molar-refractivity contribution in [1.82, 2.24) is 28.6 Å². The minimum atomic E-state index is -3.50. The lowest BCUT2D eigenvalue weighted by molar-refractivity contribution is 0.273. The Morgan fingerprint density at radius 1 is 1.18 bits per heavy atom. The number of nitrogens with zero attached hydrogens (tertiary/aromatic N) is 6. The molecule has 148 valence electrons. The summed E-state index contributed by atoms with van der Waals surface area (Å²) in [6.45, 7) is 5.58. The van der Waals surface area contributed by atoms with E-state index in [9.17, 15) is 8.42 Å². The number of rotatable bonds is 5. The molecule has 0 atom stereocenters. The molecular formula is C19H24N6O2S. The highest BCUT2D eigenvalue weighted by Crippen LogP contribution is 2.31. The molecule has 1 fully saturated rings. The van der Waals surface area contributed by atoms with Gasteiger partial charge in [0, 0.05) is 61.7 Å². The Morgan fingerprint density at radius 2 is 1.96 bits per heavy atom. The molecule has 1 saturated heterocycles. The third kappa shape index (κ3) is 3.35. The van der Waals surface area contributed by atoms with Gasteiger partial charge in [0.1, 0.15) is 10.7 Å². The quantitative estimate of drug-likeness (QED) is 0.657. The number of aromatic nitrogens is 5. The van der Waals surface area contributed by atoms with Crippen LogP contribution in [0.25, 0.3) is 11.4 Å². The Kier molecular flexibility index (Phi) is 5.03. The van der Waals surface area contributed by atoms with Crippen LogP contribution in [0.3, 0.4) is 0 Å². The molecule has 0 aromatic carbocycles. The molecule has 3 aromatic heterocycles. The van der Waals surface area contributed by atoms with Gasteiger partial charge in [0.2, 0.25) is 10.0 Å². The molecule has 0 unspecified atom stereocenters. The molecule has 0 saturated carbocycles. The van der Waals surface area contributed by atoms with Crippen LogP contribution in [-0.4, -0.2) is 50.1 Å². The Balaban J connectivity index is 1.53. The van der Waals surface area contributed by atoms with Crippen LogP contribution >= 0.6 is 0 Å². The summed E-state index contributed by atoms with van der Waals surface area (Å²) >= 11 is 0. The minimum absolute atomic E-state index is 0.211. The van der Waals surface area contributed by atoms with Crippen LogP contribution in [0.5, 0.6) is 0 Å². The first-order valence-corrected chi connectivity index (χ1v) is 10.9. The summed E-state index contributed by atoms with van der Waals surface area (Å²) in [5.74, 6) is 0.885. The van der Waals surface area contributed by atoms with Crippen LogP contribution in [0.4, 0.5) is 0 Å². The van der Waals surface area contributed by atoms with E-state index in [0.717, 1.165) is 29.9 Å². The van der Waals surface area contributed by atoms with Crippen molar-refractivity contribution in [2.24, 2.45) is 0 Å². The summed E-state index contributed by atoms with van der Waals surface area (Å²) in [5.41, 5.74) is 2.04. The van der Waals surface area contributed by atoms with Crippen LogP contribution in [0.15, 0.2) is 48.0 Å². The molecule has 9 heteroatoms. The monoisotopic (exact) mass is 400 g/mol. The Bertz CT molecular complexity index is 1050. The van der Waals surface area contributed by atoms with E-state index in [1.54, 1.807) is 21.4 Å². The van der Waals surface area contributed by atoms with E-state index in [4.69, 9.17) is 0 Å². The summed E-state index contributed by atoms with van der Waals surface area (Å²) in [6.07, 6.45) is 9.94. The zero-order valence-corrected chi connectivity index (χ0v) is 16.9. The van der Waals surface area contributed by atoms with E-state index in [1.807, 2.05) is 38.4 Å². The van der Waals surface area contributed by atoms with Crippen molar-refractivity contribution in [3.63, 3.8) is 0 Å². The number of piperidine rings is 1. The molecule has 8 nitrogen and oxygen atoms in total. The van der Waals surface area contributed by atoms with Gasteiger partial charge >= 0.3 is 0 Å². The van der Waals surface area contributed by atoms with E-state index < -0.39 is 10.0 Å². The van der Waals surface area contributed by atoms with Crippen molar-refractivity contribution in [1.29, 1.82) is 0 Å². The topological polar surface area (TPSA) is 85.9 Å². The lowest BCUT2D eigenvalue weighted by atomic mass is 10.1. The number of sulfonamides is 1. The first kappa shape index (κ1) is 18.8. The number of hydrogen-bond donors (Lipinski definition) is 0. The van der Waals surface area contributed by atoms with Gasteiger partial charge in [-0.15, -0.1) is 0 Å². The van der Waals surface area contributed by atoms with Crippen molar-refractivity contribution >= 4 is 10.0 Å². The maximum atomic E-state index is 12.9. The normalized spacial score (nSPS) is 16.5. The second-order valence-electron chi connectivity index (χ2n) is 7.00. The van der Waals surface area contributed by atoms with E-state index in [1.165, 1.54) is 6.20 Å². The second-order valence-corrected chi connectivity index (χ2v) is 8.94. The Labute approximate surface area is 164 Å². The average Bonchev–Trinajstić information content (AvgIpc) is 3.36. The number of hydrogen-bond acceptors (Lipinski definition) is 5. The van der Waals surface area contributed by atoms with Gasteiger partial charge in [0.25, 0.3) is 0 Å². The van der Waals surface area contributed by atoms with Crippen molar-refractivity contribution in [2.75, 3.05) is 13.1 Å². The molecule has 0 amide bonds. The predicted molar refractivity (Wildman–Crippen MR) is 105 cm³/mol. The van der Waals surface area contributed by atoms with Gasteiger partial charge in [-0.2, -0.15) is 9.40 Å². The van der Waals surface area contributed by atoms with Gasteiger partial charge in [0.15, 0.2) is 0 Å². The average molecular weight is 401 g/mol. The van der Waals surface area contributed by atoms with E-state index >= 15 is 0 Å². The molecule has 4 heterocycles. The zero-order chi connectivity index (χ0) is 19.7. The molecule has 0 spiro atoms. The SMILES string of the molecule is CCn1cc(S(=O)(=O)N2CCC(n3c(C)cnc3-c3cccnc3)CC2)cn1. The minimum Gasteiger partial charge on any atom is -0.325 e. The first-order valence-electron chi connectivity index (χ1n) is 9.47. The Morgan fingerprint density at radius 3 is 2.61 bits per heavy atom. The lowest BCUT2D eigenvalue weighted by Gasteiger charge is -2.33. The van der Waals surface area contributed by atoms with Gasteiger partial charge in [0.05, 0.1) is 6.20 Å². The summed E-state index contributed by atoms with van der Waals surface area (Å²) in [6, 6.07) is 4.11. The predicted octanol–water partition coefficient (Wildman–Crippen LogP) is 2.50. The highest BCUT2D eigenvalue weighted by molar-refractivity contribution is 7.89. The van der Waals surface area contributed by atoms with E-state index in [-0.39, 0.29) is 10.9 Å². The standard InChI is InChI=1S/C19H24N6O2S/c1-3-23-14-18(13-22-23)28(26,27)24-9-6-17(7-10-24)25-15(2)11-21-19(25)16-5-4-8-20-12-16/h4-5,8,11-14,17H,3,6-7,9-10H2,1-2H3. The van der Waals surface area contributed by atoms with Gasteiger partial charge in [-0.1, -0.05) is 0 Å². The molecule has 3 aromatic rings. The van der Waals surface area contributed by atoms with Crippen molar-refractivity contribution in [2.45, 2.75) is 44.2 Å². The molecule has 0 radical (unpaired) electrons. The smallest absolute Gasteiger partial charge is 0.246 e. The molecule has 1 aliphatic heterocycles. The fourth-order valence-electron chi connectivity index (χ4n) is 3.76. The van der Waals surface area contributed by atoms with Gasteiger partial charge in [-0.25, -0.2) is 13.4 Å². The number of aryl methyl sites for hydroxylation is 2. The van der Waals surface area contributed by atoms with Crippen molar-refractivity contribution in [3.8, 4) is 11.4 Å². The molecular weight excluding hydrogens is 376 g/mol. The van der Waals surface area contributed by atoms with Crippen molar-refractivity contribution < 1.29 is 8.42 Å². The fraction of sp³-hybridized carbons (Fsp3) is 0.421. The third-order valence-corrected chi connectivity index (χ3v) is 7.11. The van der Waals surface area contributed by atoms with Crippen LogP contribution < -0.4 is 0 Å². The maximum absolute atomic E-state index is 12.9.